The zero-order chi connectivity index (χ0) is 30.0. The van der Waals surface area contributed by atoms with E-state index in [1.165, 1.54) is 12.7 Å². The fourth-order valence-corrected chi connectivity index (χ4v) is 5.76. The molecule has 5 rings (SSSR count). The molecular formula is C37H39ClO5. The Morgan fingerprint density at radius 3 is 2.14 bits per heavy atom. The third-order valence-electron chi connectivity index (χ3n) is 7.90. The Bertz CT molecular complexity index is 1460. The molecule has 1 aliphatic rings. The van der Waals surface area contributed by atoms with Crippen molar-refractivity contribution in [2.45, 2.75) is 64.1 Å². The van der Waals surface area contributed by atoms with Crippen molar-refractivity contribution in [3.63, 3.8) is 0 Å². The predicted octanol–water partition coefficient (Wildman–Crippen LogP) is 8.30. The number of hydrogen-bond acceptors (Lipinski definition) is 5. The molecule has 0 bridgehead atoms. The highest BCUT2D eigenvalue weighted by Gasteiger charge is 2.34. The summed E-state index contributed by atoms with van der Waals surface area (Å²) in [6.45, 7) is 3.55. The fraction of sp³-hybridized carbons (Fsp3) is 0.324. The molecule has 1 saturated heterocycles. The van der Waals surface area contributed by atoms with E-state index >= 15 is 0 Å². The van der Waals surface area contributed by atoms with Gasteiger partial charge in [0.25, 0.3) is 0 Å². The van der Waals surface area contributed by atoms with E-state index in [1.54, 1.807) is 6.07 Å². The first kappa shape index (κ1) is 31.0. The zero-order valence-corrected chi connectivity index (χ0v) is 25.6. The Morgan fingerprint density at radius 1 is 0.837 bits per heavy atom. The van der Waals surface area contributed by atoms with E-state index in [9.17, 15) is 4.79 Å². The van der Waals surface area contributed by atoms with Crippen LogP contribution in [0.25, 0.3) is 0 Å². The second kappa shape index (κ2) is 15.3. The van der Waals surface area contributed by atoms with Crippen LogP contribution in [0.5, 0.6) is 0 Å². The Labute approximate surface area is 259 Å². The standard InChI is InChI=1S/C37H39ClO5/c1-3-26-14-16-27(17-15-26)18-30-19-33(34(22-35(30)38)37(39)40-2)36-21-31(42-24-29-12-8-5-9-13-29)20-32(43-36)25-41-23-28-10-6-4-7-11-28/h4-17,19,22,31-32,36H,3,18,20-21,23-25H2,1-2H3. The number of carbonyl (C=O) groups excluding carboxylic acids is 1. The maximum Gasteiger partial charge on any atom is 0.338 e. The molecule has 1 aliphatic heterocycles. The molecule has 43 heavy (non-hydrogen) atoms. The minimum Gasteiger partial charge on any atom is -0.465 e. The Balaban J connectivity index is 1.40. The van der Waals surface area contributed by atoms with Crippen LogP contribution in [0.4, 0.5) is 0 Å². The van der Waals surface area contributed by atoms with Crippen molar-refractivity contribution in [3.05, 3.63) is 141 Å². The number of esters is 1. The van der Waals surface area contributed by atoms with Crippen molar-refractivity contribution in [1.82, 2.24) is 0 Å². The van der Waals surface area contributed by atoms with Crippen LogP contribution in [0, 0.1) is 0 Å². The predicted molar refractivity (Wildman–Crippen MR) is 169 cm³/mol. The van der Waals surface area contributed by atoms with Gasteiger partial charge in [-0.15, -0.1) is 0 Å². The lowest BCUT2D eigenvalue weighted by Gasteiger charge is -2.36. The summed E-state index contributed by atoms with van der Waals surface area (Å²) in [6, 6.07) is 32.5. The van der Waals surface area contributed by atoms with E-state index in [4.69, 9.17) is 30.5 Å². The first-order valence-electron chi connectivity index (χ1n) is 14.9. The quantitative estimate of drug-likeness (QED) is 0.154. The lowest BCUT2D eigenvalue weighted by atomic mass is 9.90. The van der Waals surface area contributed by atoms with Gasteiger partial charge in [-0.3, -0.25) is 0 Å². The molecule has 5 nitrogen and oxygen atoms in total. The summed E-state index contributed by atoms with van der Waals surface area (Å²) in [4.78, 5) is 13.0. The highest BCUT2D eigenvalue weighted by Crippen LogP contribution is 2.38. The summed E-state index contributed by atoms with van der Waals surface area (Å²) < 4.78 is 24.4. The minimum atomic E-state index is -0.441. The van der Waals surface area contributed by atoms with Gasteiger partial charge in [0.2, 0.25) is 0 Å². The van der Waals surface area contributed by atoms with Crippen LogP contribution >= 0.6 is 11.6 Å². The average Bonchev–Trinajstić information content (AvgIpc) is 3.05. The maximum atomic E-state index is 13.0. The fourth-order valence-electron chi connectivity index (χ4n) is 5.52. The van der Waals surface area contributed by atoms with Gasteiger partial charge in [0.05, 0.1) is 50.8 Å². The molecule has 0 saturated carbocycles. The average molecular weight is 599 g/mol. The monoisotopic (exact) mass is 598 g/mol. The second-order valence-corrected chi connectivity index (χ2v) is 11.4. The molecule has 0 aromatic heterocycles. The molecule has 1 heterocycles. The molecule has 3 atom stereocenters. The van der Waals surface area contributed by atoms with E-state index < -0.39 is 12.1 Å². The normalized spacial score (nSPS) is 18.3. The molecule has 3 unspecified atom stereocenters. The molecule has 4 aromatic rings. The molecule has 6 heteroatoms. The third-order valence-corrected chi connectivity index (χ3v) is 8.25. The molecule has 224 valence electrons. The van der Waals surface area contributed by atoms with Gasteiger partial charge in [-0.1, -0.05) is 110 Å². The molecular weight excluding hydrogens is 560 g/mol. The Kier molecular flexibility index (Phi) is 11.0. The number of halogens is 1. The zero-order valence-electron chi connectivity index (χ0n) is 24.8. The summed E-state index contributed by atoms with van der Waals surface area (Å²) in [5, 5.41) is 0.527. The van der Waals surface area contributed by atoms with Gasteiger partial charge in [0, 0.05) is 17.9 Å². The van der Waals surface area contributed by atoms with Crippen LogP contribution in [0.3, 0.4) is 0 Å². The molecule has 0 radical (unpaired) electrons. The largest absolute Gasteiger partial charge is 0.465 e. The molecule has 4 aromatic carbocycles. The maximum absolute atomic E-state index is 13.0. The molecule has 0 aliphatic carbocycles. The van der Waals surface area contributed by atoms with E-state index in [2.05, 4.69) is 43.3 Å². The van der Waals surface area contributed by atoms with Crippen LogP contribution in [-0.4, -0.2) is 31.9 Å². The lowest BCUT2D eigenvalue weighted by molar-refractivity contribution is -0.142. The van der Waals surface area contributed by atoms with Gasteiger partial charge in [-0.2, -0.15) is 0 Å². The van der Waals surface area contributed by atoms with Crippen molar-refractivity contribution in [2.75, 3.05) is 13.7 Å². The molecule has 1 fully saturated rings. The molecule has 0 N–H and O–H groups in total. The molecule has 0 amide bonds. The Morgan fingerprint density at radius 2 is 1.49 bits per heavy atom. The summed E-state index contributed by atoms with van der Waals surface area (Å²) >= 11 is 6.76. The van der Waals surface area contributed by atoms with E-state index in [1.807, 2.05) is 54.6 Å². The van der Waals surface area contributed by atoms with Crippen molar-refractivity contribution in [1.29, 1.82) is 0 Å². The highest BCUT2D eigenvalue weighted by atomic mass is 35.5. The van der Waals surface area contributed by atoms with Gasteiger partial charge in [0.1, 0.15) is 0 Å². The van der Waals surface area contributed by atoms with Crippen LogP contribution in [0.15, 0.2) is 97.1 Å². The first-order chi connectivity index (χ1) is 21.0. The first-order valence-corrected chi connectivity index (χ1v) is 15.3. The topological polar surface area (TPSA) is 54.0 Å². The third kappa shape index (κ3) is 8.55. The highest BCUT2D eigenvalue weighted by molar-refractivity contribution is 6.31. The van der Waals surface area contributed by atoms with Crippen LogP contribution < -0.4 is 0 Å². The van der Waals surface area contributed by atoms with Crippen molar-refractivity contribution in [2.24, 2.45) is 0 Å². The molecule has 0 spiro atoms. The summed E-state index contributed by atoms with van der Waals surface area (Å²) in [5.41, 5.74) is 6.76. The van der Waals surface area contributed by atoms with Gasteiger partial charge in [-0.05, 0) is 52.3 Å². The Hall–Kier alpha value is -3.48. The number of ether oxygens (including phenoxy) is 4. The number of carbonyl (C=O) groups is 1. The van der Waals surface area contributed by atoms with Crippen LogP contribution in [0.1, 0.15) is 69.6 Å². The van der Waals surface area contributed by atoms with E-state index in [0.29, 0.717) is 49.7 Å². The number of methoxy groups -OCH3 is 1. The van der Waals surface area contributed by atoms with Crippen molar-refractivity contribution < 1.29 is 23.7 Å². The summed E-state index contributed by atoms with van der Waals surface area (Å²) in [5.74, 6) is -0.441. The van der Waals surface area contributed by atoms with Crippen molar-refractivity contribution in [3.8, 4) is 0 Å². The van der Waals surface area contributed by atoms with E-state index in [0.717, 1.165) is 34.2 Å². The number of rotatable bonds is 12. The summed E-state index contributed by atoms with van der Waals surface area (Å²) in [7, 11) is 1.39. The summed E-state index contributed by atoms with van der Waals surface area (Å²) in [6.07, 6.45) is 2.22. The number of benzene rings is 4. The van der Waals surface area contributed by atoms with Gasteiger partial charge < -0.3 is 18.9 Å². The van der Waals surface area contributed by atoms with Gasteiger partial charge >= 0.3 is 5.97 Å². The SMILES string of the molecule is CCc1ccc(Cc2cc(C3CC(OCc4ccccc4)CC(COCc4ccccc4)O3)c(C(=O)OC)cc2Cl)cc1. The van der Waals surface area contributed by atoms with Crippen LogP contribution in [-0.2, 0) is 45.0 Å². The van der Waals surface area contributed by atoms with E-state index in [-0.39, 0.29) is 12.2 Å². The van der Waals surface area contributed by atoms with Gasteiger partial charge in [-0.25, -0.2) is 4.79 Å². The van der Waals surface area contributed by atoms with Gasteiger partial charge in [0.15, 0.2) is 0 Å². The second-order valence-electron chi connectivity index (χ2n) is 11.0. The minimum absolute atomic E-state index is 0.0875. The number of aryl methyl sites for hydroxylation is 1. The lowest BCUT2D eigenvalue weighted by Crippen LogP contribution is -2.36. The smallest absolute Gasteiger partial charge is 0.338 e. The van der Waals surface area contributed by atoms with Crippen LogP contribution in [0.2, 0.25) is 5.02 Å². The van der Waals surface area contributed by atoms with Crippen molar-refractivity contribution >= 4 is 17.6 Å². The number of hydrogen-bond donors (Lipinski definition) is 0.